The zero-order valence-electron chi connectivity index (χ0n) is 9.94. The molecule has 1 atom stereocenters. The van der Waals surface area contributed by atoms with Crippen LogP contribution in [0, 0.1) is 5.41 Å². The van der Waals surface area contributed by atoms with Gasteiger partial charge in [0, 0.05) is 24.0 Å². The van der Waals surface area contributed by atoms with Crippen LogP contribution in [0.25, 0.3) is 0 Å². The number of hydrogen-bond donors (Lipinski definition) is 3. The fourth-order valence-electron chi connectivity index (χ4n) is 2.21. The Balaban J connectivity index is 2.07. The molecule has 0 aliphatic carbocycles. The lowest BCUT2D eigenvalue weighted by atomic mass is 9.98. The highest BCUT2D eigenvalue weighted by molar-refractivity contribution is 6.31. The Morgan fingerprint density at radius 3 is 2.78 bits per heavy atom. The van der Waals surface area contributed by atoms with E-state index >= 15 is 0 Å². The molecule has 0 spiro atoms. The summed E-state index contributed by atoms with van der Waals surface area (Å²) in [5, 5.41) is 8.54. The first-order valence-electron chi connectivity index (χ1n) is 5.75. The molecule has 5 nitrogen and oxygen atoms in total. The third-order valence-electron chi connectivity index (χ3n) is 3.07. The van der Waals surface area contributed by atoms with Gasteiger partial charge in [-0.15, -0.1) is 0 Å². The van der Waals surface area contributed by atoms with Crippen molar-refractivity contribution >= 4 is 23.5 Å². The Kier molecular flexibility index (Phi) is 3.72. The second-order valence-electron chi connectivity index (χ2n) is 4.31. The molecular formula is C12H16ClN5. The van der Waals surface area contributed by atoms with Crippen molar-refractivity contribution < 1.29 is 0 Å². The molecule has 96 valence electrons. The highest BCUT2D eigenvalue weighted by Crippen LogP contribution is 2.31. The van der Waals surface area contributed by atoms with E-state index in [2.05, 4.69) is 4.99 Å². The molecule has 18 heavy (non-hydrogen) atoms. The quantitative estimate of drug-likeness (QED) is 0.528. The van der Waals surface area contributed by atoms with Crippen molar-refractivity contribution in [1.29, 1.82) is 5.41 Å². The number of likely N-dealkylation sites (tertiary alicyclic amines) is 1. The molecule has 1 heterocycles. The molecule has 1 aliphatic rings. The molecule has 5 N–H and O–H groups in total. The second-order valence-corrected chi connectivity index (χ2v) is 4.72. The lowest BCUT2D eigenvalue weighted by molar-refractivity contribution is 0.501. The molecule has 0 bridgehead atoms. The smallest absolute Gasteiger partial charge is 0.221 e. The standard InChI is InChI=1S/C12H16ClN5/c13-10-4-2-1-3-9(10)8-5-6-18(7-8)12(16)17-11(14)15/h1-4,8H,5-7H2,(H5,14,15,16,17). The summed E-state index contributed by atoms with van der Waals surface area (Å²) in [5.41, 5.74) is 11.7. The first kappa shape index (κ1) is 12.7. The second kappa shape index (κ2) is 5.27. The number of benzene rings is 1. The Hall–Kier alpha value is -1.75. The van der Waals surface area contributed by atoms with E-state index in [4.69, 9.17) is 28.5 Å². The Bertz CT molecular complexity index is 481. The van der Waals surface area contributed by atoms with Gasteiger partial charge in [-0.25, -0.2) is 0 Å². The van der Waals surface area contributed by atoms with Crippen LogP contribution < -0.4 is 11.5 Å². The summed E-state index contributed by atoms with van der Waals surface area (Å²) >= 11 is 6.18. The van der Waals surface area contributed by atoms with E-state index in [1.54, 1.807) is 0 Å². The molecule has 1 saturated heterocycles. The van der Waals surface area contributed by atoms with E-state index in [0.29, 0.717) is 5.92 Å². The van der Waals surface area contributed by atoms with Crippen LogP contribution in [-0.2, 0) is 0 Å². The summed E-state index contributed by atoms with van der Waals surface area (Å²) in [4.78, 5) is 5.61. The first-order valence-corrected chi connectivity index (χ1v) is 6.13. The van der Waals surface area contributed by atoms with E-state index in [9.17, 15) is 0 Å². The Morgan fingerprint density at radius 1 is 1.39 bits per heavy atom. The SMILES string of the molecule is N=C(N=C(N)N)N1CCC(c2ccccc2Cl)C1. The number of nitrogens with zero attached hydrogens (tertiary/aromatic N) is 2. The van der Waals surface area contributed by atoms with Crippen LogP contribution in [0.2, 0.25) is 5.02 Å². The third kappa shape index (κ3) is 2.73. The molecule has 1 aromatic rings. The molecule has 2 rings (SSSR count). The van der Waals surface area contributed by atoms with Gasteiger partial charge in [0.15, 0.2) is 5.96 Å². The topological polar surface area (TPSA) is 91.5 Å². The maximum absolute atomic E-state index is 7.77. The largest absolute Gasteiger partial charge is 0.370 e. The molecule has 1 aliphatic heterocycles. The molecular weight excluding hydrogens is 250 g/mol. The molecule has 0 aromatic heterocycles. The maximum atomic E-state index is 7.77. The number of hydrogen-bond acceptors (Lipinski definition) is 1. The van der Waals surface area contributed by atoms with E-state index in [1.807, 2.05) is 29.2 Å². The van der Waals surface area contributed by atoms with Crippen molar-refractivity contribution in [2.45, 2.75) is 12.3 Å². The predicted molar refractivity (Wildman–Crippen MR) is 73.9 cm³/mol. The number of nitrogens with two attached hydrogens (primary N) is 2. The molecule has 1 unspecified atom stereocenters. The molecule has 0 radical (unpaired) electrons. The minimum atomic E-state index is -0.0822. The van der Waals surface area contributed by atoms with Gasteiger partial charge in [0.25, 0.3) is 0 Å². The number of halogens is 1. The van der Waals surface area contributed by atoms with E-state index in [0.717, 1.165) is 30.1 Å². The zero-order valence-corrected chi connectivity index (χ0v) is 10.7. The van der Waals surface area contributed by atoms with Crippen molar-refractivity contribution in [3.8, 4) is 0 Å². The molecule has 0 saturated carbocycles. The van der Waals surface area contributed by atoms with E-state index in [-0.39, 0.29) is 11.9 Å². The van der Waals surface area contributed by atoms with Crippen molar-refractivity contribution in [3.05, 3.63) is 34.9 Å². The molecule has 6 heteroatoms. The first-order chi connectivity index (χ1) is 8.58. The predicted octanol–water partition coefficient (Wildman–Crippen LogP) is 1.34. The lowest BCUT2D eigenvalue weighted by Crippen LogP contribution is -2.31. The number of aliphatic imine (C=N–C) groups is 1. The van der Waals surface area contributed by atoms with Crippen molar-refractivity contribution in [2.75, 3.05) is 13.1 Å². The summed E-state index contributed by atoms with van der Waals surface area (Å²) in [7, 11) is 0. The average Bonchev–Trinajstić information content (AvgIpc) is 2.78. The highest BCUT2D eigenvalue weighted by atomic mass is 35.5. The van der Waals surface area contributed by atoms with Gasteiger partial charge in [-0.3, -0.25) is 5.41 Å². The Labute approximate surface area is 111 Å². The van der Waals surface area contributed by atoms with Gasteiger partial charge in [0.2, 0.25) is 5.96 Å². The van der Waals surface area contributed by atoms with Gasteiger partial charge in [0.05, 0.1) is 0 Å². The lowest BCUT2D eigenvalue weighted by Gasteiger charge is -2.16. The summed E-state index contributed by atoms with van der Waals surface area (Å²) in [5.74, 6) is 0.360. The van der Waals surface area contributed by atoms with Crippen molar-refractivity contribution in [3.63, 3.8) is 0 Å². The zero-order chi connectivity index (χ0) is 13.1. The normalized spacial score (nSPS) is 18.7. The van der Waals surface area contributed by atoms with Gasteiger partial charge in [-0.2, -0.15) is 4.99 Å². The Morgan fingerprint density at radius 2 is 2.11 bits per heavy atom. The van der Waals surface area contributed by atoms with Crippen molar-refractivity contribution in [2.24, 2.45) is 16.5 Å². The molecule has 1 fully saturated rings. The fraction of sp³-hybridized carbons (Fsp3) is 0.333. The maximum Gasteiger partial charge on any atom is 0.221 e. The van der Waals surface area contributed by atoms with Crippen LogP contribution in [0.3, 0.4) is 0 Å². The van der Waals surface area contributed by atoms with Crippen LogP contribution in [-0.4, -0.2) is 29.9 Å². The minimum Gasteiger partial charge on any atom is -0.370 e. The third-order valence-corrected chi connectivity index (χ3v) is 3.41. The number of rotatable bonds is 1. The number of guanidine groups is 2. The van der Waals surface area contributed by atoms with E-state index in [1.165, 1.54) is 0 Å². The van der Waals surface area contributed by atoms with Gasteiger partial charge >= 0.3 is 0 Å². The van der Waals surface area contributed by atoms with Crippen molar-refractivity contribution in [1.82, 2.24) is 4.90 Å². The highest BCUT2D eigenvalue weighted by Gasteiger charge is 2.26. The molecule has 0 amide bonds. The molecule has 1 aromatic carbocycles. The van der Waals surface area contributed by atoms with E-state index < -0.39 is 0 Å². The summed E-state index contributed by atoms with van der Waals surface area (Å²) in [6.07, 6.45) is 0.951. The van der Waals surface area contributed by atoms with Crippen LogP contribution >= 0.6 is 11.6 Å². The fourth-order valence-corrected chi connectivity index (χ4v) is 2.50. The minimum absolute atomic E-state index is 0.0822. The van der Waals surface area contributed by atoms with Gasteiger partial charge in [-0.1, -0.05) is 29.8 Å². The van der Waals surface area contributed by atoms with Gasteiger partial charge in [0.1, 0.15) is 0 Å². The monoisotopic (exact) mass is 265 g/mol. The van der Waals surface area contributed by atoms with Crippen LogP contribution in [0.5, 0.6) is 0 Å². The van der Waals surface area contributed by atoms with Gasteiger partial charge < -0.3 is 16.4 Å². The summed E-state index contributed by atoms with van der Waals surface area (Å²) in [6.45, 7) is 1.49. The van der Waals surface area contributed by atoms with Gasteiger partial charge in [-0.05, 0) is 18.1 Å². The van der Waals surface area contributed by atoms with Crippen LogP contribution in [0.1, 0.15) is 17.9 Å². The van der Waals surface area contributed by atoms with Crippen LogP contribution in [0.15, 0.2) is 29.3 Å². The van der Waals surface area contributed by atoms with Crippen LogP contribution in [0.4, 0.5) is 0 Å². The summed E-state index contributed by atoms with van der Waals surface area (Å²) < 4.78 is 0. The number of nitrogens with one attached hydrogen (secondary N) is 1. The summed E-state index contributed by atoms with van der Waals surface area (Å²) in [6, 6.07) is 7.81. The average molecular weight is 266 g/mol.